The number of benzene rings is 1. The summed E-state index contributed by atoms with van der Waals surface area (Å²) in [6.07, 6.45) is 0.458. The van der Waals surface area contributed by atoms with Gasteiger partial charge in [-0.2, -0.15) is 0 Å². The number of amides is 1. The van der Waals surface area contributed by atoms with E-state index >= 15 is 0 Å². The summed E-state index contributed by atoms with van der Waals surface area (Å²) in [7, 11) is 1.40. The van der Waals surface area contributed by atoms with Gasteiger partial charge in [0.1, 0.15) is 6.54 Å². The van der Waals surface area contributed by atoms with Crippen molar-refractivity contribution in [3.63, 3.8) is 0 Å². The number of likely N-dealkylation sites (N-methyl/N-ethyl adjacent to an activating group) is 1. The first-order chi connectivity index (χ1) is 9.91. The smallest absolute Gasteiger partial charge is 0.323 e. The molecule has 0 saturated heterocycles. The Bertz CT molecular complexity index is 531. The Hall–Kier alpha value is -2.64. The lowest BCUT2D eigenvalue weighted by Crippen LogP contribution is -2.31. The Balaban J connectivity index is 2.39. The molecule has 0 aliphatic heterocycles. The number of para-hydroxylation sites is 2. The molecule has 0 saturated carbocycles. The number of aliphatic carboxylic acids is 1. The fourth-order valence-corrected chi connectivity index (χ4v) is 1.62. The van der Waals surface area contributed by atoms with Gasteiger partial charge in [-0.25, -0.2) is 0 Å². The number of rotatable bonds is 8. The summed E-state index contributed by atoms with van der Waals surface area (Å²) < 4.78 is 5.28. The van der Waals surface area contributed by atoms with Crippen LogP contribution in [0.3, 0.4) is 0 Å². The lowest BCUT2D eigenvalue weighted by molar-refractivity contribution is -0.385. The lowest BCUT2D eigenvalue weighted by atomic mass is 10.3. The summed E-state index contributed by atoms with van der Waals surface area (Å²) in [6.45, 7) is -0.221. The van der Waals surface area contributed by atoms with Gasteiger partial charge >= 0.3 is 11.7 Å². The zero-order valence-corrected chi connectivity index (χ0v) is 11.5. The van der Waals surface area contributed by atoms with Crippen molar-refractivity contribution >= 4 is 17.6 Å². The van der Waals surface area contributed by atoms with Gasteiger partial charge in [0.05, 0.1) is 11.5 Å². The normalized spacial score (nSPS) is 9.95. The third-order valence-corrected chi connectivity index (χ3v) is 2.65. The summed E-state index contributed by atoms with van der Waals surface area (Å²) in [6, 6.07) is 5.97. The first kappa shape index (κ1) is 16.4. The van der Waals surface area contributed by atoms with E-state index in [2.05, 4.69) is 0 Å². The molecular formula is C13H16N2O6. The van der Waals surface area contributed by atoms with Crippen molar-refractivity contribution in [2.45, 2.75) is 12.8 Å². The molecule has 8 heteroatoms. The number of ether oxygens (including phenoxy) is 1. The number of hydrogen-bond acceptors (Lipinski definition) is 5. The first-order valence-corrected chi connectivity index (χ1v) is 6.23. The van der Waals surface area contributed by atoms with Crippen LogP contribution in [-0.4, -0.2) is 47.0 Å². The molecular weight excluding hydrogens is 280 g/mol. The highest BCUT2D eigenvalue weighted by Crippen LogP contribution is 2.25. The van der Waals surface area contributed by atoms with Crippen molar-refractivity contribution < 1.29 is 24.4 Å². The summed E-state index contributed by atoms with van der Waals surface area (Å²) in [5.41, 5.74) is -0.133. The standard InChI is InChI=1S/C13H16N2O6/c1-14(9-13(17)18)12(16)7-4-8-21-11-6-3-2-5-10(11)15(19)20/h2-3,5-6H,4,7-9H2,1H3,(H,17,18). The van der Waals surface area contributed by atoms with Crippen molar-refractivity contribution in [2.24, 2.45) is 0 Å². The molecule has 0 heterocycles. The van der Waals surface area contributed by atoms with E-state index in [0.29, 0.717) is 6.42 Å². The van der Waals surface area contributed by atoms with Crippen molar-refractivity contribution in [1.82, 2.24) is 4.90 Å². The molecule has 0 spiro atoms. The Morgan fingerprint density at radius 3 is 2.67 bits per heavy atom. The monoisotopic (exact) mass is 296 g/mol. The first-order valence-electron chi connectivity index (χ1n) is 6.23. The van der Waals surface area contributed by atoms with Crippen molar-refractivity contribution in [3.05, 3.63) is 34.4 Å². The molecule has 1 rings (SSSR count). The molecule has 0 unspecified atom stereocenters. The van der Waals surface area contributed by atoms with Crippen LogP contribution < -0.4 is 4.74 Å². The van der Waals surface area contributed by atoms with Gasteiger partial charge in [-0.3, -0.25) is 19.7 Å². The Labute approximate surface area is 121 Å². The summed E-state index contributed by atoms with van der Waals surface area (Å²) in [5, 5.41) is 19.3. The van der Waals surface area contributed by atoms with Gasteiger partial charge in [-0.1, -0.05) is 12.1 Å². The van der Waals surface area contributed by atoms with Gasteiger partial charge in [-0.05, 0) is 12.5 Å². The maximum absolute atomic E-state index is 11.6. The maximum atomic E-state index is 11.6. The molecule has 0 bridgehead atoms. The van der Waals surface area contributed by atoms with Crippen LogP contribution in [0, 0.1) is 10.1 Å². The molecule has 1 aromatic rings. The molecule has 1 aromatic carbocycles. The largest absolute Gasteiger partial charge is 0.487 e. The van der Waals surface area contributed by atoms with E-state index in [1.165, 1.54) is 25.2 Å². The number of nitrogens with zero attached hydrogens (tertiary/aromatic N) is 2. The molecule has 8 nitrogen and oxygen atoms in total. The van der Waals surface area contributed by atoms with Crippen LogP contribution in [-0.2, 0) is 9.59 Å². The summed E-state index contributed by atoms with van der Waals surface area (Å²) in [5.74, 6) is -1.25. The van der Waals surface area contributed by atoms with Gasteiger partial charge in [0.25, 0.3) is 0 Å². The van der Waals surface area contributed by atoms with E-state index < -0.39 is 10.9 Å². The molecule has 0 fully saturated rings. The third-order valence-electron chi connectivity index (χ3n) is 2.65. The van der Waals surface area contributed by atoms with Crippen molar-refractivity contribution in [2.75, 3.05) is 20.2 Å². The van der Waals surface area contributed by atoms with Crippen molar-refractivity contribution in [1.29, 1.82) is 0 Å². The molecule has 0 aromatic heterocycles. The average molecular weight is 296 g/mol. The van der Waals surface area contributed by atoms with Gasteiger partial charge in [0.15, 0.2) is 5.75 Å². The number of hydrogen-bond donors (Lipinski definition) is 1. The minimum Gasteiger partial charge on any atom is -0.487 e. The van der Waals surface area contributed by atoms with Crippen LogP contribution in [0.5, 0.6) is 5.75 Å². The zero-order valence-electron chi connectivity index (χ0n) is 11.5. The molecule has 21 heavy (non-hydrogen) atoms. The highest BCUT2D eigenvalue weighted by molar-refractivity contribution is 5.80. The molecule has 0 radical (unpaired) electrons. The fraction of sp³-hybridized carbons (Fsp3) is 0.385. The van der Waals surface area contributed by atoms with Crippen LogP contribution in [0.25, 0.3) is 0 Å². The summed E-state index contributed by atoms with van der Waals surface area (Å²) >= 11 is 0. The number of carboxylic acids is 1. The van der Waals surface area contributed by atoms with E-state index in [1.54, 1.807) is 6.07 Å². The molecule has 1 amide bonds. The lowest BCUT2D eigenvalue weighted by Gasteiger charge is -2.14. The fourth-order valence-electron chi connectivity index (χ4n) is 1.62. The van der Waals surface area contributed by atoms with Crippen molar-refractivity contribution in [3.8, 4) is 5.75 Å². The number of nitro groups is 1. The van der Waals surface area contributed by atoms with Gasteiger partial charge < -0.3 is 14.7 Å². The third kappa shape index (κ3) is 5.47. The minimum atomic E-state index is -1.08. The second-order valence-electron chi connectivity index (χ2n) is 4.32. The molecule has 0 aliphatic carbocycles. The second kappa shape index (κ2) is 7.83. The number of carbonyl (C=O) groups excluding carboxylic acids is 1. The number of carbonyl (C=O) groups is 2. The highest BCUT2D eigenvalue weighted by Gasteiger charge is 2.14. The quantitative estimate of drug-likeness (QED) is 0.440. The second-order valence-corrected chi connectivity index (χ2v) is 4.32. The maximum Gasteiger partial charge on any atom is 0.323 e. The van der Waals surface area contributed by atoms with Crippen LogP contribution in [0.2, 0.25) is 0 Å². The van der Waals surface area contributed by atoms with Crippen LogP contribution in [0.4, 0.5) is 5.69 Å². The van der Waals surface area contributed by atoms with Crippen LogP contribution in [0.1, 0.15) is 12.8 Å². The van der Waals surface area contributed by atoms with E-state index in [4.69, 9.17) is 9.84 Å². The predicted molar refractivity (Wildman–Crippen MR) is 73.1 cm³/mol. The van der Waals surface area contributed by atoms with Gasteiger partial charge in [-0.15, -0.1) is 0 Å². The SMILES string of the molecule is CN(CC(=O)O)C(=O)CCCOc1ccccc1[N+](=O)[O-]. The van der Waals surface area contributed by atoms with Gasteiger partial charge in [0, 0.05) is 19.5 Å². The Morgan fingerprint density at radius 1 is 1.38 bits per heavy atom. The number of carboxylic acid groups (broad SMARTS) is 1. The van der Waals surface area contributed by atoms with E-state index in [9.17, 15) is 19.7 Å². The van der Waals surface area contributed by atoms with E-state index in [0.717, 1.165) is 4.90 Å². The van der Waals surface area contributed by atoms with Crippen LogP contribution in [0.15, 0.2) is 24.3 Å². The molecule has 114 valence electrons. The zero-order chi connectivity index (χ0) is 15.8. The van der Waals surface area contributed by atoms with E-state index in [-0.39, 0.29) is 36.9 Å². The van der Waals surface area contributed by atoms with Crippen LogP contribution >= 0.6 is 0 Å². The van der Waals surface area contributed by atoms with Gasteiger partial charge in [0.2, 0.25) is 5.91 Å². The Morgan fingerprint density at radius 2 is 2.05 bits per heavy atom. The van der Waals surface area contributed by atoms with E-state index in [1.807, 2.05) is 0 Å². The summed E-state index contributed by atoms with van der Waals surface area (Å²) in [4.78, 5) is 33.3. The Kier molecular flexibility index (Phi) is 6.12. The minimum absolute atomic E-state index is 0.115. The average Bonchev–Trinajstić information content (AvgIpc) is 2.42. The topological polar surface area (TPSA) is 110 Å². The molecule has 0 aliphatic rings. The number of nitro benzene ring substituents is 1. The molecule has 1 N–H and O–H groups in total. The highest BCUT2D eigenvalue weighted by atomic mass is 16.6. The predicted octanol–water partition coefficient (Wildman–Crippen LogP) is 1.30. The molecule has 0 atom stereocenters.